The summed E-state index contributed by atoms with van der Waals surface area (Å²) in [5, 5.41) is 3.53. The van der Waals surface area contributed by atoms with Crippen LogP contribution >= 0.6 is 27.3 Å². The van der Waals surface area contributed by atoms with Crippen LogP contribution in [0.25, 0.3) is 0 Å². The van der Waals surface area contributed by atoms with E-state index in [4.69, 9.17) is 0 Å². The van der Waals surface area contributed by atoms with Crippen LogP contribution in [0.4, 0.5) is 11.4 Å². The van der Waals surface area contributed by atoms with Gasteiger partial charge in [-0.05, 0) is 36.8 Å². The molecule has 1 heterocycles. The number of hydrogen-bond acceptors (Lipinski definition) is 3. The highest BCUT2D eigenvalue weighted by molar-refractivity contribution is 9.10. The third kappa shape index (κ3) is 3.74. The van der Waals surface area contributed by atoms with Crippen molar-refractivity contribution in [1.29, 1.82) is 0 Å². The van der Waals surface area contributed by atoms with Gasteiger partial charge in [0, 0.05) is 34.9 Å². The Morgan fingerprint density at radius 1 is 1.16 bits per heavy atom. The molecule has 0 saturated carbocycles. The van der Waals surface area contributed by atoms with Crippen molar-refractivity contribution in [2.75, 3.05) is 24.3 Å². The molecule has 1 aromatic carbocycles. The van der Waals surface area contributed by atoms with Gasteiger partial charge in [0.2, 0.25) is 0 Å². The van der Waals surface area contributed by atoms with E-state index in [1.165, 1.54) is 15.4 Å². The van der Waals surface area contributed by atoms with Crippen molar-refractivity contribution in [2.24, 2.45) is 0 Å². The van der Waals surface area contributed by atoms with E-state index < -0.39 is 0 Å². The van der Waals surface area contributed by atoms with Gasteiger partial charge < -0.3 is 10.2 Å². The summed E-state index contributed by atoms with van der Waals surface area (Å²) in [6.07, 6.45) is 1.12. The number of nitrogens with one attached hydrogen (secondary N) is 1. The largest absolute Gasteiger partial charge is 0.378 e. The topological polar surface area (TPSA) is 15.3 Å². The van der Waals surface area contributed by atoms with Crippen molar-refractivity contribution >= 4 is 38.6 Å². The number of benzene rings is 1. The molecule has 1 N–H and O–H groups in total. The summed E-state index contributed by atoms with van der Waals surface area (Å²) in [5.41, 5.74) is 2.36. The maximum atomic E-state index is 3.53. The van der Waals surface area contributed by atoms with Gasteiger partial charge in [-0.2, -0.15) is 0 Å². The standard InChI is InChI=1S/C15H19BrN2S/c1-4-12-6-7-13(19-12)10-17-14-9-11(16)5-8-15(14)18(2)3/h5-9,17H,4,10H2,1-3H3. The maximum absolute atomic E-state index is 3.53. The minimum absolute atomic E-state index is 0.877. The van der Waals surface area contributed by atoms with Crippen LogP contribution in [-0.2, 0) is 13.0 Å². The molecule has 0 aliphatic rings. The lowest BCUT2D eigenvalue weighted by Crippen LogP contribution is -2.12. The third-order valence-electron chi connectivity index (χ3n) is 2.96. The van der Waals surface area contributed by atoms with Crippen molar-refractivity contribution in [3.63, 3.8) is 0 Å². The van der Waals surface area contributed by atoms with Gasteiger partial charge in [0.15, 0.2) is 0 Å². The predicted molar refractivity (Wildman–Crippen MR) is 89.5 cm³/mol. The zero-order chi connectivity index (χ0) is 13.8. The number of aryl methyl sites for hydroxylation is 1. The van der Waals surface area contributed by atoms with Gasteiger partial charge in [0.25, 0.3) is 0 Å². The number of rotatable bonds is 5. The lowest BCUT2D eigenvalue weighted by Gasteiger charge is -2.18. The third-order valence-corrected chi connectivity index (χ3v) is 4.68. The van der Waals surface area contributed by atoms with E-state index in [2.05, 4.69) is 77.5 Å². The molecule has 1 aromatic heterocycles. The fourth-order valence-corrected chi connectivity index (χ4v) is 3.19. The second-order valence-electron chi connectivity index (χ2n) is 4.63. The van der Waals surface area contributed by atoms with E-state index in [1.807, 2.05) is 11.3 Å². The molecule has 0 amide bonds. The fourth-order valence-electron chi connectivity index (χ4n) is 1.93. The SMILES string of the molecule is CCc1ccc(CNc2cc(Br)ccc2N(C)C)s1. The Labute approximate surface area is 127 Å². The molecule has 0 aliphatic carbocycles. The van der Waals surface area contributed by atoms with Crippen molar-refractivity contribution in [3.8, 4) is 0 Å². The second-order valence-corrected chi connectivity index (χ2v) is 6.80. The molecular formula is C15H19BrN2S. The lowest BCUT2D eigenvalue weighted by atomic mass is 10.2. The number of thiophene rings is 1. The van der Waals surface area contributed by atoms with Crippen LogP contribution in [0, 0.1) is 0 Å². The van der Waals surface area contributed by atoms with E-state index in [1.54, 1.807) is 0 Å². The molecule has 0 radical (unpaired) electrons. The van der Waals surface area contributed by atoms with Gasteiger partial charge in [0.05, 0.1) is 11.4 Å². The van der Waals surface area contributed by atoms with Gasteiger partial charge in [-0.15, -0.1) is 11.3 Å². The molecule has 0 aliphatic heterocycles. The van der Waals surface area contributed by atoms with Gasteiger partial charge >= 0.3 is 0 Å². The monoisotopic (exact) mass is 338 g/mol. The first-order valence-corrected chi connectivity index (χ1v) is 7.99. The maximum Gasteiger partial charge on any atom is 0.0597 e. The Morgan fingerprint density at radius 2 is 1.89 bits per heavy atom. The van der Waals surface area contributed by atoms with E-state index in [-0.39, 0.29) is 0 Å². The molecule has 2 rings (SSSR count). The molecule has 4 heteroatoms. The molecule has 0 bridgehead atoms. The summed E-state index contributed by atoms with van der Waals surface area (Å²) >= 11 is 5.41. The highest BCUT2D eigenvalue weighted by Crippen LogP contribution is 2.29. The molecule has 0 saturated heterocycles. The highest BCUT2D eigenvalue weighted by atomic mass is 79.9. The molecule has 19 heavy (non-hydrogen) atoms. The van der Waals surface area contributed by atoms with Crippen LogP contribution < -0.4 is 10.2 Å². The van der Waals surface area contributed by atoms with Gasteiger partial charge in [0.1, 0.15) is 0 Å². The smallest absolute Gasteiger partial charge is 0.0597 e. The van der Waals surface area contributed by atoms with Crippen molar-refractivity contribution in [3.05, 3.63) is 44.6 Å². The first kappa shape index (κ1) is 14.4. The Bertz CT molecular complexity index is 549. The summed E-state index contributed by atoms with van der Waals surface area (Å²) in [4.78, 5) is 4.95. The average Bonchev–Trinajstić information content (AvgIpc) is 2.84. The molecule has 0 unspecified atom stereocenters. The van der Waals surface area contributed by atoms with E-state index in [0.29, 0.717) is 0 Å². The Hall–Kier alpha value is -1.00. The van der Waals surface area contributed by atoms with Crippen LogP contribution in [0.2, 0.25) is 0 Å². The minimum Gasteiger partial charge on any atom is -0.378 e. The highest BCUT2D eigenvalue weighted by Gasteiger charge is 2.06. The summed E-state index contributed by atoms with van der Waals surface area (Å²) in [5.74, 6) is 0. The number of nitrogens with zero attached hydrogens (tertiary/aromatic N) is 1. The minimum atomic E-state index is 0.877. The lowest BCUT2D eigenvalue weighted by molar-refractivity contribution is 1.11. The van der Waals surface area contributed by atoms with Crippen LogP contribution in [0.1, 0.15) is 16.7 Å². The second kappa shape index (κ2) is 6.44. The van der Waals surface area contributed by atoms with Crippen molar-refractivity contribution in [2.45, 2.75) is 19.9 Å². The Balaban J connectivity index is 2.12. The van der Waals surface area contributed by atoms with Crippen LogP contribution in [0.5, 0.6) is 0 Å². The summed E-state index contributed by atoms with van der Waals surface area (Å²) < 4.78 is 1.10. The molecular weight excluding hydrogens is 320 g/mol. The van der Waals surface area contributed by atoms with Gasteiger partial charge in [-0.25, -0.2) is 0 Å². The van der Waals surface area contributed by atoms with Crippen molar-refractivity contribution in [1.82, 2.24) is 0 Å². The van der Waals surface area contributed by atoms with Gasteiger partial charge in [-0.1, -0.05) is 22.9 Å². The summed E-state index contributed by atoms with van der Waals surface area (Å²) in [6, 6.07) is 10.8. The molecule has 102 valence electrons. The van der Waals surface area contributed by atoms with Crippen molar-refractivity contribution < 1.29 is 0 Å². The fraction of sp³-hybridized carbons (Fsp3) is 0.333. The predicted octanol–water partition coefficient (Wildman–Crippen LogP) is 4.75. The average molecular weight is 339 g/mol. The normalized spacial score (nSPS) is 10.5. The van der Waals surface area contributed by atoms with Crippen LogP contribution in [0.3, 0.4) is 0 Å². The molecule has 0 atom stereocenters. The molecule has 2 aromatic rings. The zero-order valence-corrected chi connectivity index (χ0v) is 13.9. The van der Waals surface area contributed by atoms with Gasteiger partial charge in [-0.3, -0.25) is 0 Å². The van der Waals surface area contributed by atoms with E-state index in [0.717, 1.165) is 23.1 Å². The van der Waals surface area contributed by atoms with Crippen LogP contribution in [-0.4, -0.2) is 14.1 Å². The summed E-state index contributed by atoms with van der Waals surface area (Å²) in [7, 11) is 4.13. The molecule has 0 spiro atoms. The number of halogens is 1. The quantitative estimate of drug-likeness (QED) is 0.846. The number of hydrogen-bond donors (Lipinski definition) is 1. The van der Waals surface area contributed by atoms with E-state index in [9.17, 15) is 0 Å². The first-order valence-electron chi connectivity index (χ1n) is 6.38. The summed E-state index contributed by atoms with van der Waals surface area (Å²) in [6.45, 7) is 3.07. The Morgan fingerprint density at radius 3 is 2.53 bits per heavy atom. The Kier molecular flexibility index (Phi) is 4.88. The van der Waals surface area contributed by atoms with E-state index >= 15 is 0 Å². The van der Waals surface area contributed by atoms with Crippen LogP contribution in [0.15, 0.2) is 34.8 Å². The molecule has 0 fully saturated rings. The zero-order valence-electron chi connectivity index (χ0n) is 11.5. The molecule has 2 nitrogen and oxygen atoms in total. The number of anilines is 2. The first-order chi connectivity index (χ1) is 9.10.